The maximum atomic E-state index is 15.0. The lowest BCUT2D eigenvalue weighted by Gasteiger charge is -2.41. The van der Waals surface area contributed by atoms with Gasteiger partial charge in [0.1, 0.15) is 5.82 Å². The van der Waals surface area contributed by atoms with Crippen LogP contribution in [0.3, 0.4) is 0 Å². The predicted octanol–water partition coefficient (Wildman–Crippen LogP) is 6.50. The third-order valence-corrected chi connectivity index (χ3v) is 8.49. The van der Waals surface area contributed by atoms with E-state index in [0.717, 1.165) is 49.7 Å². The number of amides is 2. The molecule has 2 amide bonds. The lowest BCUT2D eigenvalue weighted by Crippen LogP contribution is -2.46. The first-order valence-electron chi connectivity index (χ1n) is 15.0. The zero-order chi connectivity index (χ0) is 29.9. The topological polar surface area (TPSA) is 61.9 Å². The summed E-state index contributed by atoms with van der Waals surface area (Å²) in [6.07, 6.45) is 1.29. The van der Waals surface area contributed by atoms with Crippen LogP contribution in [0.1, 0.15) is 72.3 Å². The summed E-state index contributed by atoms with van der Waals surface area (Å²) in [4.78, 5) is 32.0. The highest BCUT2D eigenvalue weighted by Crippen LogP contribution is 2.39. The molecule has 2 saturated heterocycles. The molecule has 2 aliphatic heterocycles. The van der Waals surface area contributed by atoms with Crippen molar-refractivity contribution in [3.8, 4) is 0 Å². The SMILES string of the molecule is Cc1cccc(F)c1C(=O)N1CCCC(C(=O)Nc2cccc(C(C)(C)C)c2)[C@@H]1c1ccc(CN2CCOCC2)cc1. The lowest BCUT2D eigenvalue weighted by atomic mass is 9.82. The highest BCUT2D eigenvalue weighted by molar-refractivity contribution is 5.98. The van der Waals surface area contributed by atoms with Crippen molar-refractivity contribution in [2.45, 2.75) is 58.5 Å². The van der Waals surface area contributed by atoms with Crippen molar-refractivity contribution in [2.75, 3.05) is 38.2 Å². The van der Waals surface area contributed by atoms with Crippen LogP contribution in [0.2, 0.25) is 0 Å². The number of carbonyl (C=O) groups excluding carboxylic acids is 2. The van der Waals surface area contributed by atoms with Gasteiger partial charge in [0.05, 0.1) is 30.7 Å². The zero-order valence-electron chi connectivity index (χ0n) is 25.2. The fraction of sp³-hybridized carbons (Fsp3) is 0.429. The molecule has 222 valence electrons. The maximum Gasteiger partial charge on any atom is 0.257 e. The van der Waals surface area contributed by atoms with E-state index in [9.17, 15) is 14.0 Å². The number of aryl methyl sites for hydroxylation is 1. The molecule has 2 fully saturated rings. The van der Waals surface area contributed by atoms with Gasteiger partial charge in [0, 0.05) is 31.9 Å². The second-order valence-corrected chi connectivity index (χ2v) is 12.6. The largest absolute Gasteiger partial charge is 0.379 e. The molecule has 7 heteroatoms. The summed E-state index contributed by atoms with van der Waals surface area (Å²) < 4.78 is 20.5. The number of piperidine rings is 1. The fourth-order valence-corrected chi connectivity index (χ4v) is 6.09. The molecule has 2 aliphatic rings. The van der Waals surface area contributed by atoms with Crippen molar-refractivity contribution in [2.24, 2.45) is 5.92 Å². The Balaban J connectivity index is 1.46. The molecule has 0 aliphatic carbocycles. The van der Waals surface area contributed by atoms with Gasteiger partial charge in [-0.25, -0.2) is 4.39 Å². The van der Waals surface area contributed by atoms with Crippen LogP contribution < -0.4 is 5.32 Å². The van der Waals surface area contributed by atoms with E-state index < -0.39 is 17.8 Å². The standard InChI is InChI=1S/C35H42FN3O3/c1-24-8-5-12-30(36)31(24)34(41)39-17-7-11-29(33(40)37-28-10-6-9-27(22-28)35(2,3)4)32(39)26-15-13-25(14-16-26)23-38-18-20-42-21-19-38/h5-6,8-10,12-16,22,29,32H,7,11,17-21,23H2,1-4H3,(H,37,40)/t29?,32-/m0/s1. The number of likely N-dealkylation sites (tertiary alicyclic amines) is 1. The van der Waals surface area contributed by atoms with Crippen LogP contribution in [-0.2, 0) is 21.5 Å². The van der Waals surface area contributed by atoms with Crippen LogP contribution in [0.5, 0.6) is 0 Å². The minimum atomic E-state index is -0.537. The Morgan fingerprint density at radius 2 is 1.69 bits per heavy atom. The number of hydrogen-bond donors (Lipinski definition) is 1. The summed E-state index contributed by atoms with van der Waals surface area (Å²) in [5, 5.41) is 3.14. The maximum absolute atomic E-state index is 15.0. The summed E-state index contributed by atoms with van der Waals surface area (Å²) in [5.74, 6) is -1.53. The van der Waals surface area contributed by atoms with Gasteiger partial charge in [0.25, 0.3) is 5.91 Å². The van der Waals surface area contributed by atoms with Crippen molar-refractivity contribution in [3.05, 3.63) is 100 Å². The molecule has 0 radical (unpaired) electrons. The molecule has 0 spiro atoms. The quantitative estimate of drug-likeness (QED) is 0.367. The number of morpholine rings is 1. The third-order valence-electron chi connectivity index (χ3n) is 8.49. The number of benzene rings is 3. The van der Waals surface area contributed by atoms with E-state index in [1.54, 1.807) is 24.0 Å². The Bertz CT molecular complexity index is 1390. The molecule has 2 atom stereocenters. The first kappa shape index (κ1) is 29.9. The van der Waals surface area contributed by atoms with Gasteiger partial charge < -0.3 is 15.0 Å². The summed E-state index contributed by atoms with van der Waals surface area (Å²) in [6.45, 7) is 12.7. The van der Waals surface area contributed by atoms with Crippen molar-refractivity contribution in [1.82, 2.24) is 9.80 Å². The Morgan fingerprint density at radius 3 is 2.38 bits per heavy atom. The molecule has 1 N–H and O–H groups in total. The third kappa shape index (κ3) is 6.74. The number of halogens is 1. The van der Waals surface area contributed by atoms with Gasteiger partial charge in [-0.2, -0.15) is 0 Å². The van der Waals surface area contributed by atoms with Crippen LogP contribution in [0.25, 0.3) is 0 Å². The molecule has 1 unspecified atom stereocenters. The molecule has 42 heavy (non-hydrogen) atoms. The molecule has 0 aromatic heterocycles. The van der Waals surface area contributed by atoms with E-state index in [1.165, 1.54) is 11.6 Å². The van der Waals surface area contributed by atoms with Crippen molar-refractivity contribution in [3.63, 3.8) is 0 Å². The van der Waals surface area contributed by atoms with E-state index in [0.29, 0.717) is 24.9 Å². The number of carbonyl (C=O) groups is 2. The Kier molecular flexibility index (Phi) is 9.09. The molecule has 0 saturated carbocycles. The van der Waals surface area contributed by atoms with Crippen LogP contribution in [0, 0.1) is 18.7 Å². The van der Waals surface area contributed by atoms with Crippen LogP contribution in [0.4, 0.5) is 10.1 Å². The van der Waals surface area contributed by atoms with Crippen LogP contribution in [-0.4, -0.2) is 54.5 Å². The predicted molar refractivity (Wildman–Crippen MR) is 164 cm³/mol. The first-order valence-corrected chi connectivity index (χ1v) is 15.0. The number of anilines is 1. The molecule has 6 nitrogen and oxygen atoms in total. The molecule has 0 bridgehead atoms. The molecule has 3 aromatic carbocycles. The highest BCUT2D eigenvalue weighted by atomic mass is 19.1. The normalized spacial score (nSPS) is 19.9. The van der Waals surface area contributed by atoms with Gasteiger partial charge >= 0.3 is 0 Å². The zero-order valence-corrected chi connectivity index (χ0v) is 25.2. The lowest BCUT2D eigenvalue weighted by molar-refractivity contribution is -0.123. The number of ether oxygens (including phenoxy) is 1. The monoisotopic (exact) mass is 571 g/mol. The van der Waals surface area contributed by atoms with E-state index in [2.05, 4.69) is 49.2 Å². The average Bonchev–Trinajstić information content (AvgIpc) is 2.97. The summed E-state index contributed by atoms with van der Waals surface area (Å²) in [6, 6.07) is 20.3. The molecule has 3 aromatic rings. The molecular formula is C35H42FN3O3. The van der Waals surface area contributed by atoms with Crippen LogP contribution >= 0.6 is 0 Å². The number of nitrogens with zero attached hydrogens (tertiary/aromatic N) is 2. The first-order chi connectivity index (χ1) is 20.1. The smallest absolute Gasteiger partial charge is 0.257 e. The summed E-state index contributed by atoms with van der Waals surface area (Å²) in [5.41, 5.74) is 4.52. The van der Waals surface area contributed by atoms with E-state index in [-0.39, 0.29) is 22.8 Å². The minimum absolute atomic E-state index is 0.0576. The summed E-state index contributed by atoms with van der Waals surface area (Å²) in [7, 11) is 0. The second kappa shape index (κ2) is 12.8. The Labute approximate surface area is 248 Å². The Morgan fingerprint density at radius 1 is 0.976 bits per heavy atom. The second-order valence-electron chi connectivity index (χ2n) is 12.6. The molecule has 5 rings (SSSR count). The van der Waals surface area contributed by atoms with Crippen LogP contribution in [0.15, 0.2) is 66.7 Å². The Hall–Kier alpha value is -3.55. The van der Waals surface area contributed by atoms with E-state index in [4.69, 9.17) is 4.74 Å². The van der Waals surface area contributed by atoms with Gasteiger partial charge in [-0.1, -0.05) is 69.3 Å². The van der Waals surface area contributed by atoms with Gasteiger partial charge in [-0.15, -0.1) is 0 Å². The van der Waals surface area contributed by atoms with E-state index >= 15 is 0 Å². The van der Waals surface area contributed by atoms with Gasteiger partial charge in [-0.3, -0.25) is 14.5 Å². The molecular weight excluding hydrogens is 529 g/mol. The van der Waals surface area contributed by atoms with Gasteiger partial charge in [0.2, 0.25) is 5.91 Å². The van der Waals surface area contributed by atoms with Gasteiger partial charge in [0.15, 0.2) is 0 Å². The summed E-state index contributed by atoms with van der Waals surface area (Å²) >= 11 is 0. The van der Waals surface area contributed by atoms with Crippen molar-refractivity contribution >= 4 is 17.5 Å². The molecule has 2 heterocycles. The van der Waals surface area contributed by atoms with Crippen molar-refractivity contribution in [1.29, 1.82) is 0 Å². The van der Waals surface area contributed by atoms with Gasteiger partial charge in [-0.05, 0) is 65.6 Å². The highest BCUT2D eigenvalue weighted by Gasteiger charge is 2.40. The van der Waals surface area contributed by atoms with Crippen molar-refractivity contribution < 1.29 is 18.7 Å². The number of rotatable bonds is 6. The fourth-order valence-electron chi connectivity index (χ4n) is 6.09. The average molecular weight is 572 g/mol. The number of hydrogen-bond acceptors (Lipinski definition) is 4. The number of nitrogens with one attached hydrogen (secondary N) is 1. The minimum Gasteiger partial charge on any atom is -0.379 e. The van der Waals surface area contributed by atoms with E-state index in [1.807, 2.05) is 30.3 Å².